The van der Waals surface area contributed by atoms with Crippen LogP contribution in [0, 0.1) is 11.3 Å². The summed E-state index contributed by atoms with van der Waals surface area (Å²) in [5, 5.41) is 9.15. The van der Waals surface area contributed by atoms with Crippen LogP contribution in [-0.2, 0) is 19.8 Å². The van der Waals surface area contributed by atoms with E-state index in [2.05, 4.69) is 44.5 Å². The lowest BCUT2D eigenvalue weighted by atomic mass is 9.81. The number of ether oxygens (including phenoxy) is 1. The quantitative estimate of drug-likeness (QED) is 0.332. The number of nitrogens with zero attached hydrogens (tertiary/aromatic N) is 2. The van der Waals surface area contributed by atoms with Gasteiger partial charge >= 0.3 is 5.97 Å². The Morgan fingerprint density at radius 1 is 0.879 bits per heavy atom. The molecule has 3 aromatic rings. The van der Waals surface area contributed by atoms with Crippen molar-refractivity contribution in [3.63, 3.8) is 0 Å². The first-order chi connectivity index (χ1) is 15.6. The largest absolute Gasteiger partial charge is 0.467 e. The molecule has 0 aliphatic rings. The van der Waals surface area contributed by atoms with Gasteiger partial charge in [-0.1, -0.05) is 63.2 Å². The van der Waals surface area contributed by atoms with Crippen LogP contribution in [0.25, 0.3) is 22.3 Å². The maximum Gasteiger partial charge on any atom is 0.340 e. The van der Waals surface area contributed by atoms with Gasteiger partial charge in [0.25, 0.3) is 0 Å². The molecule has 0 fully saturated rings. The smallest absolute Gasteiger partial charge is 0.340 e. The fourth-order valence-electron chi connectivity index (χ4n) is 3.49. The highest BCUT2D eigenvalue weighted by molar-refractivity contribution is 5.84. The first-order valence-electron chi connectivity index (χ1n) is 10.8. The van der Waals surface area contributed by atoms with Gasteiger partial charge in [0.2, 0.25) is 0 Å². The molecule has 5 heteroatoms. The van der Waals surface area contributed by atoms with E-state index < -0.39 is 11.6 Å². The third kappa shape index (κ3) is 5.42. The van der Waals surface area contributed by atoms with Gasteiger partial charge in [-0.25, -0.2) is 9.63 Å². The van der Waals surface area contributed by atoms with Crippen LogP contribution in [0.1, 0.15) is 45.7 Å². The second-order valence-electron chi connectivity index (χ2n) is 9.41. The number of esters is 1. The lowest BCUT2D eigenvalue weighted by Gasteiger charge is -2.28. The lowest BCUT2D eigenvalue weighted by Crippen LogP contribution is -2.38. The molecule has 0 heterocycles. The van der Waals surface area contributed by atoms with E-state index >= 15 is 0 Å². The fraction of sp³-hybridized carbons (Fsp3) is 0.286. The Hall–Kier alpha value is -3.62. The highest BCUT2D eigenvalue weighted by atomic mass is 16.7. The number of carbonyl (C=O) groups is 1. The van der Waals surface area contributed by atoms with Crippen LogP contribution in [-0.4, -0.2) is 18.7 Å². The van der Waals surface area contributed by atoms with Gasteiger partial charge in [-0.3, -0.25) is 0 Å². The third-order valence-corrected chi connectivity index (χ3v) is 5.39. The van der Waals surface area contributed by atoms with Crippen LogP contribution in [0.15, 0.2) is 66.7 Å². The SMILES string of the molecule is COC(=O)C(C)(C)O[N]c1c(-c2ccccc2)cc(-c2ccc(C#N)cc2)cc1C(C)(C)C. The molecule has 0 aromatic heterocycles. The summed E-state index contributed by atoms with van der Waals surface area (Å²) < 4.78 is 4.86. The molecule has 1 radical (unpaired) electrons. The zero-order valence-corrected chi connectivity index (χ0v) is 20.0. The third-order valence-electron chi connectivity index (χ3n) is 5.39. The van der Waals surface area contributed by atoms with Crippen LogP contribution in [0.3, 0.4) is 0 Å². The molecule has 0 unspecified atom stereocenters. The van der Waals surface area contributed by atoms with Gasteiger partial charge in [0.05, 0.1) is 18.7 Å². The normalized spacial score (nSPS) is 11.5. The summed E-state index contributed by atoms with van der Waals surface area (Å²) in [5.74, 6) is -0.501. The summed E-state index contributed by atoms with van der Waals surface area (Å²) in [5.41, 5.74) is 9.16. The Labute approximate surface area is 195 Å². The monoisotopic (exact) mass is 441 g/mol. The molecule has 0 N–H and O–H groups in total. The molecule has 0 saturated carbocycles. The van der Waals surface area contributed by atoms with Gasteiger partial charge < -0.3 is 4.74 Å². The minimum atomic E-state index is -1.23. The summed E-state index contributed by atoms with van der Waals surface area (Å²) >= 11 is 0. The van der Waals surface area contributed by atoms with Crippen molar-refractivity contribution in [2.45, 2.75) is 45.6 Å². The highest BCUT2D eigenvalue weighted by Crippen LogP contribution is 2.41. The first-order valence-corrected chi connectivity index (χ1v) is 10.8. The molecular formula is C28H29N2O3. The number of benzene rings is 3. The Balaban J connectivity index is 2.21. The Morgan fingerprint density at radius 3 is 2.06 bits per heavy atom. The van der Waals surface area contributed by atoms with E-state index in [1.54, 1.807) is 13.8 Å². The van der Waals surface area contributed by atoms with Crippen molar-refractivity contribution in [3.8, 4) is 28.3 Å². The van der Waals surface area contributed by atoms with E-state index in [-0.39, 0.29) is 5.41 Å². The predicted octanol–water partition coefficient (Wildman–Crippen LogP) is 6.31. The van der Waals surface area contributed by atoms with E-state index in [1.807, 2.05) is 54.6 Å². The van der Waals surface area contributed by atoms with Crippen molar-refractivity contribution in [3.05, 3.63) is 77.9 Å². The van der Waals surface area contributed by atoms with Gasteiger partial charge in [0.15, 0.2) is 5.60 Å². The molecule has 33 heavy (non-hydrogen) atoms. The highest BCUT2D eigenvalue weighted by Gasteiger charge is 2.33. The maximum atomic E-state index is 12.2. The van der Waals surface area contributed by atoms with Gasteiger partial charge in [-0.05, 0) is 65.8 Å². The van der Waals surface area contributed by atoms with E-state index in [4.69, 9.17) is 14.8 Å². The second kappa shape index (κ2) is 9.48. The molecule has 0 saturated heterocycles. The molecule has 3 aromatic carbocycles. The van der Waals surface area contributed by atoms with E-state index in [1.165, 1.54) is 7.11 Å². The van der Waals surface area contributed by atoms with E-state index in [9.17, 15) is 4.79 Å². The predicted molar refractivity (Wildman–Crippen MR) is 130 cm³/mol. The number of hydrogen-bond acceptors (Lipinski definition) is 4. The van der Waals surface area contributed by atoms with Crippen molar-refractivity contribution in [1.82, 2.24) is 5.48 Å². The summed E-state index contributed by atoms with van der Waals surface area (Å²) in [6, 6.07) is 23.8. The number of rotatable bonds is 6. The number of hydrogen-bond donors (Lipinski definition) is 0. The van der Waals surface area contributed by atoms with Crippen molar-refractivity contribution >= 4 is 11.7 Å². The number of nitriles is 1. The summed E-state index contributed by atoms with van der Waals surface area (Å²) in [4.78, 5) is 17.9. The number of methoxy groups -OCH3 is 1. The number of carbonyl (C=O) groups excluding carboxylic acids is 1. The minimum absolute atomic E-state index is 0.260. The first kappa shape index (κ1) is 24.0. The molecule has 0 aliphatic heterocycles. The fourth-order valence-corrected chi connectivity index (χ4v) is 3.49. The molecule has 169 valence electrons. The summed E-state index contributed by atoms with van der Waals surface area (Å²) in [6.45, 7) is 9.61. The van der Waals surface area contributed by atoms with Crippen LogP contribution < -0.4 is 5.48 Å². The average Bonchev–Trinajstić information content (AvgIpc) is 2.81. The van der Waals surface area contributed by atoms with Crippen LogP contribution in [0.2, 0.25) is 0 Å². The van der Waals surface area contributed by atoms with Crippen molar-refractivity contribution < 1.29 is 14.4 Å². The molecule has 0 aliphatic carbocycles. The lowest BCUT2D eigenvalue weighted by molar-refractivity contribution is -0.171. The standard InChI is InChI=1S/C28H29N2O3/c1-27(2,3)24-17-22(20-14-12-19(18-29)13-15-20)16-23(21-10-8-7-9-11-21)25(24)30-33-28(4,5)26(31)32-6/h7-17H,1-6H3. The molecule has 5 nitrogen and oxygen atoms in total. The average molecular weight is 442 g/mol. The molecule has 0 bridgehead atoms. The zero-order chi connectivity index (χ0) is 24.2. The minimum Gasteiger partial charge on any atom is -0.467 e. The second-order valence-corrected chi connectivity index (χ2v) is 9.41. The van der Waals surface area contributed by atoms with Crippen LogP contribution in [0.5, 0.6) is 0 Å². The van der Waals surface area contributed by atoms with E-state index in [0.717, 1.165) is 27.8 Å². The van der Waals surface area contributed by atoms with Crippen molar-refractivity contribution in [2.24, 2.45) is 0 Å². The van der Waals surface area contributed by atoms with E-state index in [0.29, 0.717) is 11.3 Å². The topological polar surface area (TPSA) is 73.4 Å². The van der Waals surface area contributed by atoms with Crippen LogP contribution >= 0.6 is 0 Å². The molecular weight excluding hydrogens is 412 g/mol. The van der Waals surface area contributed by atoms with Crippen molar-refractivity contribution in [2.75, 3.05) is 7.11 Å². The molecule has 0 atom stereocenters. The van der Waals surface area contributed by atoms with Gasteiger partial charge in [0.1, 0.15) is 5.69 Å². The summed E-state index contributed by atoms with van der Waals surface area (Å²) in [7, 11) is 1.33. The Kier molecular flexibility index (Phi) is 6.90. The van der Waals surface area contributed by atoms with Crippen LogP contribution in [0.4, 0.5) is 5.69 Å². The molecule has 0 spiro atoms. The molecule has 3 rings (SSSR count). The maximum absolute atomic E-state index is 12.2. The van der Waals surface area contributed by atoms with Gasteiger partial charge in [-0.2, -0.15) is 5.26 Å². The van der Waals surface area contributed by atoms with Gasteiger partial charge in [0, 0.05) is 5.56 Å². The van der Waals surface area contributed by atoms with Gasteiger partial charge in [-0.15, -0.1) is 5.48 Å². The Bertz CT molecular complexity index is 1170. The summed E-state index contributed by atoms with van der Waals surface area (Å²) in [6.07, 6.45) is 0. The van der Waals surface area contributed by atoms with Crippen molar-refractivity contribution in [1.29, 1.82) is 5.26 Å². The zero-order valence-electron chi connectivity index (χ0n) is 20.0. The molecule has 0 amide bonds. The Morgan fingerprint density at radius 2 is 1.52 bits per heavy atom.